The molecule has 0 spiro atoms. The molecule has 0 aliphatic heterocycles. The number of carbonyl (C=O) groups is 3. The summed E-state index contributed by atoms with van der Waals surface area (Å²) in [5.41, 5.74) is 1.89. The van der Waals surface area contributed by atoms with Gasteiger partial charge in [-0.1, -0.05) is 72.8 Å². The summed E-state index contributed by atoms with van der Waals surface area (Å²) >= 11 is 0. The van der Waals surface area contributed by atoms with Crippen LogP contribution in [-0.4, -0.2) is 53.6 Å². The molecule has 0 aliphatic rings. The van der Waals surface area contributed by atoms with Gasteiger partial charge < -0.3 is 19.4 Å². The molecule has 0 aromatic heterocycles. The van der Waals surface area contributed by atoms with Gasteiger partial charge in [0.1, 0.15) is 12.6 Å². The minimum atomic E-state index is -0.672. The van der Waals surface area contributed by atoms with Gasteiger partial charge >= 0.3 is 6.03 Å². The molecule has 0 heterocycles. The van der Waals surface area contributed by atoms with Crippen molar-refractivity contribution in [1.82, 2.24) is 9.80 Å². The van der Waals surface area contributed by atoms with E-state index in [9.17, 15) is 14.4 Å². The van der Waals surface area contributed by atoms with E-state index in [1.54, 1.807) is 12.2 Å². The molecule has 0 bridgehead atoms. The normalized spacial score (nSPS) is 12.3. The Hall–Kier alpha value is -3.47. The van der Waals surface area contributed by atoms with E-state index in [-0.39, 0.29) is 13.1 Å². The van der Waals surface area contributed by atoms with E-state index >= 15 is 0 Å². The number of aldehydes is 2. The first-order valence-electron chi connectivity index (χ1n) is 9.92. The Morgan fingerprint density at radius 2 is 1.10 bits per heavy atom. The predicted molar refractivity (Wildman–Crippen MR) is 119 cm³/mol. The Labute approximate surface area is 178 Å². The summed E-state index contributed by atoms with van der Waals surface area (Å²) in [6.07, 6.45) is 5.48. The molecule has 2 amide bonds. The van der Waals surface area contributed by atoms with Gasteiger partial charge in [0.15, 0.2) is 0 Å². The van der Waals surface area contributed by atoms with Crippen molar-refractivity contribution < 1.29 is 14.4 Å². The molecule has 0 saturated heterocycles. The van der Waals surface area contributed by atoms with Gasteiger partial charge in [0.05, 0.1) is 12.1 Å². The number of hydrogen-bond acceptors (Lipinski definition) is 3. The van der Waals surface area contributed by atoms with Crippen LogP contribution in [-0.2, 0) is 22.4 Å². The van der Waals surface area contributed by atoms with Gasteiger partial charge in [0, 0.05) is 13.1 Å². The van der Waals surface area contributed by atoms with Gasteiger partial charge in [0.25, 0.3) is 0 Å². The number of urea groups is 1. The van der Waals surface area contributed by atoms with Crippen molar-refractivity contribution in [2.75, 3.05) is 13.1 Å². The van der Waals surface area contributed by atoms with E-state index in [1.165, 1.54) is 9.80 Å². The van der Waals surface area contributed by atoms with Crippen LogP contribution in [0.5, 0.6) is 0 Å². The molecule has 0 unspecified atom stereocenters. The van der Waals surface area contributed by atoms with E-state index < -0.39 is 18.1 Å². The van der Waals surface area contributed by atoms with Gasteiger partial charge in [-0.3, -0.25) is 0 Å². The summed E-state index contributed by atoms with van der Waals surface area (Å²) in [4.78, 5) is 40.2. The van der Waals surface area contributed by atoms with Crippen LogP contribution in [0.25, 0.3) is 0 Å². The number of benzene rings is 2. The third-order valence-electron chi connectivity index (χ3n) is 4.83. The Morgan fingerprint density at radius 1 is 0.733 bits per heavy atom. The smallest absolute Gasteiger partial charge is 0.311 e. The van der Waals surface area contributed by atoms with Crippen LogP contribution in [0.4, 0.5) is 4.79 Å². The highest BCUT2D eigenvalue weighted by Gasteiger charge is 2.30. The molecular formula is C25H28N2O3. The van der Waals surface area contributed by atoms with E-state index in [4.69, 9.17) is 0 Å². The fourth-order valence-electron chi connectivity index (χ4n) is 3.33. The number of rotatable bonds is 12. The van der Waals surface area contributed by atoms with Gasteiger partial charge in [-0.15, -0.1) is 13.2 Å². The molecule has 0 radical (unpaired) electrons. The maximum absolute atomic E-state index is 13.4. The molecule has 0 fully saturated rings. The number of carbonyl (C=O) groups excluding carboxylic acids is 3. The lowest BCUT2D eigenvalue weighted by molar-refractivity contribution is -0.112. The van der Waals surface area contributed by atoms with Gasteiger partial charge in [-0.2, -0.15) is 0 Å². The summed E-state index contributed by atoms with van der Waals surface area (Å²) in [5, 5.41) is 0. The SMILES string of the molecule is C=CCN(C(=O)N(CC=C)[C@@H](C=O)Cc1ccccc1)[C@@H](C=O)Cc1ccccc1. The first kappa shape index (κ1) is 22.8. The minimum Gasteiger partial charge on any atom is -0.311 e. The molecule has 0 saturated carbocycles. The average Bonchev–Trinajstić information content (AvgIpc) is 2.79. The van der Waals surface area contributed by atoms with Crippen LogP contribution < -0.4 is 0 Å². The Morgan fingerprint density at radius 3 is 1.40 bits per heavy atom. The minimum absolute atomic E-state index is 0.194. The van der Waals surface area contributed by atoms with Crippen molar-refractivity contribution >= 4 is 18.6 Å². The topological polar surface area (TPSA) is 57.7 Å². The fraction of sp³-hybridized carbons (Fsp3) is 0.240. The van der Waals surface area contributed by atoms with Crippen molar-refractivity contribution in [2.45, 2.75) is 24.9 Å². The highest BCUT2D eigenvalue weighted by molar-refractivity contribution is 5.82. The second-order valence-corrected chi connectivity index (χ2v) is 6.95. The average molecular weight is 405 g/mol. The number of amides is 2. The zero-order valence-electron chi connectivity index (χ0n) is 17.1. The third-order valence-corrected chi connectivity index (χ3v) is 4.83. The maximum atomic E-state index is 13.4. The van der Waals surface area contributed by atoms with Crippen LogP contribution in [0.1, 0.15) is 11.1 Å². The number of nitrogens with zero attached hydrogens (tertiary/aromatic N) is 2. The maximum Gasteiger partial charge on any atom is 0.321 e. The highest BCUT2D eigenvalue weighted by atomic mass is 16.2. The molecule has 5 heteroatoms. The monoisotopic (exact) mass is 404 g/mol. The second kappa shape index (κ2) is 12.2. The lowest BCUT2D eigenvalue weighted by atomic mass is 10.0. The molecular weight excluding hydrogens is 376 g/mol. The van der Waals surface area contributed by atoms with Crippen molar-refractivity contribution in [3.05, 3.63) is 97.1 Å². The zero-order chi connectivity index (χ0) is 21.8. The Bertz CT molecular complexity index is 766. The summed E-state index contributed by atoms with van der Waals surface area (Å²) in [5.74, 6) is 0. The third kappa shape index (κ3) is 6.27. The molecule has 156 valence electrons. The first-order valence-corrected chi connectivity index (χ1v) is 9.92. The van der Waals surface area contributed by atoms with Crippen molar-refractivity contribution in [1.29, 1.82) is 0 Å². The molecule has 0 N–H and O–H groups in total. The van der Waals surface area contributed by atoms with Gasteiger partial charge in [0.2, 0.25) is 0 Å². The fourth-order valence-corrected chi connectivity index (χ4v) is 3.33. The summed E-state index contributed by atoms with van der Waals surface area (Å²) < 4.78 is 0. The standard InChI is InChI=1S/C25H28N2O3/c1-3-15-26(23(19-28)17-21-11-7-5-8-12-21)25(30)27(16-4-2)24(20-29)18-22-13-9-6-10-14-22/h3-14,19-20,23-24H,1-2,15-18H2/t23-,24-/m1/s1. The quantitative estimate of drug-likeness (QED) is 0.400. The lowest BCUT2D eigenvalue weighted by Crippen LogP contribution is -2.53. The van der Waals surface area contributed by atoms with Crippen molar-refractivity contribution in [3.63, 3.8) is 0 Å². The zero-order valence-corrected chi connectivity index (χ0v) is 17.1. The largest absolute Gasteiger partial charge is 0.321 e. The molecule has 0 aliphatic carbocycles. The lowest BCUT2D eigenvalue weighted by Gasteiger charge is -2.35. The van der Waals surface area contributed by atoms with Crippen LogP contribution in [0.2, 0.25) is 0 Å². The molecule has 2 aromatic carbocycles. The van der Waals surface area contributed by atoms with E-state index in [0.717, 1.165) is 23.7 Å². The van der Waals surface area contributed by atoms with Crippen LogP contribution >= 0.6 is 0 Å². The predicted octanol–water partition coefficient (Wildman–Crippen LogP) is 3.70. The molecule has 2 atom stereocenters. The van der Waals surface area contributed by atoms with Crippen molar-refractivity contribution in [3.8, 4) is 0 Å². The van der Waals surface area contributed by atoms with Crippen molar-refractivity contribution in [2.24, 2.45) is 0 Å². The van der Waals surface area contributed by atoms with Gasteiger partial charge in [-0.05, 0) is 24.0 Å². The summed E-state index contributed by atoms with van der Waals surface area (Å²) in [6.45, 7) is 7.84. The Balaban J connectivity index is 2.28. The van der Waals surface area contributed by atoms with Crippen LogP contribution in [0, 0.1) is 0 Å². The molecule has 2 rings (SSSR count). The highest BCUT2D eigenvalue weighted by Crippen LogP contribution is 2.15. The van der Waals surface area contributed by atoms with Gasteiger partial charge in [-0.25, -0.2) is 4.79 Å². The first-order chi connectivity index (χ1) is 14.6. The van der Waals surface area contributed by atoms with E-state index in [2.05, 4.69) is 13.2 Å². The molecule has 5 nitrogen and oxygen atoms in total. The van der Waals surface area contributed by atoms with E-state index in [0.29, 0.717) is 12.8 Å². The Kier molecular flexibility index (Phi) is 9.25. The van der Waals surface area contributed by atoms with Crippen LogP contribution in [0.3, 0.4) is 0 Å². The second-order valence-electron chi connectivity index (χ2n) is 6.95. The summed E-state index contributed by atoms with van der Waals surface area (Å²) in [7, 11) is 0. The summed E-state index contributed by atoms with van der Waals surface area (Å²) in [6, 6.07) is 17.3. The molecule has 30 heavy (non-hydrogen) atoms. The van der Waals surface area contributed by atoms with E-state index in [1.807, 2.05) is 60.7 Å². The molecule has 2 aromatic rings. The van der Waals surface area contributed by atoms with Crippen LogP contribution in [0.15, 0.2) is 86.0 Å². The number of hydrogen-bond donors (Lipinski definition) is 0.